The predicted octanol–water partition coefficient (Wildman–Crippen LogP) is 1.92. The van der Waals surface area contributed by atoms with Crippen LogP contribution in [-0.4, -0.2) is 16.2 Å². The van der Waals surface area contributed by atoms with Crippen molar-refractivity contribution in [3.8, 4) is 0 Å². The number of nitrogens with zero attached hydrogens (tertiary/aromatic N) is 1. The van der Waals surface area contributed by atoms with E-state index in [4.69, 9.17) is 9.63 Å². The van der Waals surface area contributed by atoms with Gasteiger partial charge < -0.3 is 9.63 Å². The number of aryl methyl sites for hydroxylation is 1. The van der Waals surface area contributed by atoms with Crippen LogP contribution >= 0.6 is 0 Å². The molecule has 0 amide bonds. The van der Waals surface area contributed by atoms with Gasteiger partial charge in [0.2, 0.25) is 0 Å². The molecule has 1 aromatic rings. The molecule has 0 atom stereocenters. The normalized spacial score (nSPS) is 16.1. The first-order valence-electron chi connectivity index (χ1n) is 5.25. The second-order valence-corrected chi connectivity index (χ2v) is 4.57. The molecule has 4 nitrogen and oxygen atoms in total. The van der Waals surface area contributed by atoms with Crippen LogP contribution in [0, 0.1) is 0 Å². The number of carbonyl (C=O) groups is 1. The summed E-state index contributed by atoms with van der Waals surface area (Å²) in [5.74, 6) is -0.336. The van der Waals surface area contributed by atoms with Crippen molar-refractivity contribution < 1.29 is 14.4 Å². The SMILES string of the molecule is CC(C)(C(=O)O)c1onc2c1CCCC2. The monoisotopic (exact) mass is 209 g/mol. The topological polar surface area (TPSA) is 63.3 Å². The minimum Gasteiger partial charge on any atom is -0.481 e. The number of aliphatic carboxylic acids is 1. The van der Waals surface area contributed by atoms with Crippen LogP contribution in [0.15, 0.2) is 4.52 Å². The Hall–Kier alpha value is -1.32. The Bertz CT molecular complexity index is 393. The van der Waals surface area contributed by atoms with Crippen molar-refractivity contribution in [2.75, 3.05) is 0 Å². The molecule has 0 saturated carbocycles. The molecule has 0 fully saturated rings. The molecular formula is C11H15NO3. The largest absolute Gasteiger partial charge is 0.481 e. The average molecular weight is 209 g/mol. The summed E-state index contributed by atoms with van der Waals surface area (Å²) >= 11 is 0. The smallest absolute Gasteiger partial charge is 0.316 e. The summed E-state index contributed by atoms with van der Waals surface area (Å²) in [4.78, 5) is 11.1. The summed E-state index contributed by atoms with van der Waals surface area (Å²) in [6, 6.07) is 0. The van der Waals surface area contributed by atoms with Crippen LogP contribution in [0.1, 0.15) is 43.7 Å². The third-order valence-corrected chi connectivity index (χ3v) is 3.06. The number of aromatic nitrogens is 1. The lowest BCUT2D eigenvalue weighted by Gasteiger charge is -2.18. The lowest BCUT2D eigenvalue weighted by Crippen LogP contribution is -2.29. The fourth-order valence-electron chi connectivity index (χ4n) is 1.98. The van der Waals surface area contributed by atoms with Crippen LogP contribution < -0.4 is 0 Å². The highest BCUT2D eigenvalue weighted by molar-refractivity contribution is 5.79. The highest BCUT2D eigenvalue weighted by Gasteiger charge is 2.37. The van der Waals surface area contributed by atoms with E-state index in [1.54, 1.807) is 13.8 Å². The third kappa shape index (κ3) is 1.54. The molecule has 0 radical (unpaired) electrons. The molecule has 1 aliphatic rings. The predicted molar refractivity (Wildman–Crippen MR) is 53.8 cm³/mol. The minimum absolute atomic E-state index is 0.532. The zero-order valence-corrected chi connectivity index (χ0v) is 9.04. The highest BCUT2D eigenvalue weighted by atomic mass is 16.5. The van der Waals surface area contributed by atoms with E-state index in [0.29, 0.717) is 5.76 Å². The standard InChI is InChI=1S/C11H15NO3/c1-11(2,10(13)14)9-7-5-3-4-6-8(7)12-15-9/h3-6H2,1-2H3,(H,13,14). The molecule has 0 bridgehead atoms. The molecular weight excluding hydrogens is 194 g/mol. The fraction of sp³-hybridized carbons (Fsp3) is 0.636. The summed E-state index contributed by atoms with van der Waals surface area (Å²) < 4.78 is 5.21. The molecule has 0 aromatic carbocycles. The van der Waals surface area contributed by atoms with Crippen molar-refractivity contribution in [2.24, 2.45) is 0 Å². The fourth-order valence-corrected chi connectivity index (χ4v) is 1.98. The molecule has 15 heavy (non-hydrogen) atoms. The van der Waals surface area contributed by atoms with Crippen LogP contribution in [-0.2, 0) is 23.1 Å². The van der Waals surface area contributed by atoms with E-state index >= 15 is 0 Å². The summed E-state index contributed by atoms with van der Waals surface area (Å²) in [5, 5.41) is 13.1. The van der Waals surface area contributed by atoms with Gasteiger partial charge >= 0.3 is 5.97 Å². The Labute approximate surface area is 88.3 Å². The van der Waals surface area contributed by atoms with Gasteiger partial charge in [0.1, 0.15) is 5.41 Å². The molecule has 4 heteroatoms. The molecule has 0 saturated heterocycles. The Balaban J connectivity index is 2.45. The molecule has 0 aliphatic heterocycles. The summed E-state index contributed by atoms with van der Waals surface area (Å²) in [5.41, 5.74) is 0.997. The Morgan fingerprint density at radius 3 is 2.73 bits per heavy atom. The van der Waals surface area contributed by atoms with E-state index in [1.807, 2.05) is 0 Å². The van der Waals surface area contributed by atoms with Crippen molar-refractivity contribution in [2.45, 2.75) is 44.9 Å². The molecule has 2 rings (SSSR count). The van der Waals surface area contributed by atoms with Gasteiger partial charge in [0.25, 0.3) is 0 Å². The van der Waals surface area contributed by atoms with E-state index in [-0.39, 0.29) is 0 Å². The van der Waals surface area contributed by atoms with Crippen molar-refractivity contribution in [3.05, 3.63) is 17.0 Å². The number of hydrogen-bond donors (Lipinski definition) is 1. The van der Waals surface area contributed by atoms with Gasteiger partial charge in [-0.25, -0.2) is 0 Å². The van der Waals surface area contributed by atoms with Gasteiger partial charge in [-0.2, -0.15) is 0 Å². The quantitative estimate of drug-likeness (QED) is 0.808. The van der Waals surface area contributed by atoms with Gasteiger partial charge in [0, 0.05) is 5.56 Å². The van der Waals surface area contributed by atoms with Crippen LogP contribution in [0.3, 0.4) is 0 Å². The molecule has 1 aromatic heterocycles. The van der Waals surface area contributed by atoms with Gasteiger partial charge in [0.15, 0.2) is 5.76 Å². The highest BCUT2D eigenvalue weighted by Crippen LogP contribution is 2.32. The maximum Gasteiger partial charge on any atom is 0.316 e. The molecule has 1 N–H and O–H groups in total. The minimum atomic E-state index is -0.974. The maximum absolute atomic E-state index is 11.1. The second-order valence-electron chi connectivity index (χ2n) is 4.57. The summed E-state index contributed by atoms with van der Waals surface area (Å²) in [6.07, 6.45) is 4.02. The Kier molecular flexibility index (Phi) is 2.29. The average Bonchev–Trinajstić information content (AvgIpc) is 2.61. The summed E-state index contributed by atoms with van der Waals surface area (Å²) in [6.45, 7) is 3.31. The molecule has 1 aliphatic carbocycles. The van der Waals surface area contributed by atoms with E-state index < -0.39 is 11.4 Å². The molecule has 1 heterocycles. The van der Waals surface area contributed by atoms with E-state index in [2.05, 4.69) is 5.16 Å². The number of fused-ring (bicyclic) bond motifs is 1. The van der Waals surface area contributed by atoms with E-state index in [9.17, 15) is 4.79 Å². The summed E-state index contributed by atoms with van der Waals surface area (Å²) in [7, 11) is 0. The number of hydrogen-bond acceptors (Lipinski definition) is 3. The number of carboxylic acids is 1. The van der Waals surface area contributed by atoms with Gasteiger partial charge in [-0.1, -0.05) is 5.16 Å². The first-order chi connectivity index (χ1) is 7.03. The van der Waals surface area contributed by atoms with Crippen LogP contribution in [0.2, 0.25) is 0 Å². The van der Waals surface area contributed by atoms with Crippen molar-refractivity contribution >= 4 is 5.97 Å². The number of carboxylic acid groups (broad SMARTS) is 1. The zero-order chi connectivity index (χ0) is 11.1. The van der Waals surface area contributed by atoms with Crippen molar-refractivity contribution in [1.82, 2.24) is 5.16 Å². The lowest BCUT2D eigenvalue weighted by atomic mass is 9.84. The lowest BCUT2D eigenvalue weighted by molar-refractivity contribution is -0.143. The van der Waals surface area contributed by atoms with Crippen LogP contribution in [0.4, 0.5) is 0 Å². The second kappa shape index (κ2) is 3.36. The first-order valence-corrected chi connectivity index (χ1v) is 5.25. The van der Waals surface area contributed by atoms with Crippen molar-refractivity contribution in [3.63, 3.8) is 0 Å². The van der Waals surface area contributed by atoms with Gasteiger partial charge in [-0.3, -0.25) is 4.79 Å². The van der Waals surface area contributed by atoms with Gasteiger partial charge in [-0.05, 0) is 39.5 Å². The van der Waals surface area contributed by atoms with Crippen LogP contribution in [0.25, 0.3) is 0 Å². The Morgan fingerprint density at radius 1 is 1.40 bits per heavy atom. The molecule has 0 spiro atoms. The van der Waals surface area contributed by atoms with Crippen molar-refractivity contribution in [1.29, 1.82) is 0 Å². The first kappa shape index (κ1) is 10.2. The Morgan fingerprint density at radius 2 is 2.07 bits per heavy atom. The maximum atomic E-state index is 11.1. The third-order valence-electron chi connectivity index (χ3n) is 3.06. The van der Waals surface area contributed by atoms with E-state index in [0.717, 1.165) is 36.9 Å². The molecule has 82 valence electrons. The molecule has 0 unspecified atom stereocenters. The van der Waals surface area contributed by atoms with Crippen LogP contribution in [0.5, 0.6) is 0 Å². The van der Waals surface area contributed by atoms with Gasteiger partial charge in [0.05, 0.1) is 5.69 Å². The number of rotatable bonds is 2. The van der Waals surface area contributed by atoms with Gasteiger partial charge in [-0.15, -0.1) is 0 Å². The zero-order valence-electron chi connectivity index (χ0n) is 9.04. The van der Waals surface area contributed by atoms with E-state index in [1.165, 1.54) is 0 Å².